The summed E-state index contributed by atoms with van der Waals surface area (Å²) in [6.45, 7) is 6.43. The van der Waals surface area contributed by atoms with E-state index >= 15 is 0 Å². The van der Waals surface area contributed by atoms with E-state index in [0.29, 0.717) is 12.2 Å². The van der Waals surface area contributed by atoms with Gasteiger partial charge in [-0.05, 0) is 37.9 Å². The minimum absolute atomic E-state index is 0.417. The van der Waals surface area contributed by atoms with E-state index in [0.717, 1.165) is 26.2 Å². The van der Waals surface area contributed by atoms with E-state index in [-0.39, 0.29) is 0 Å². The van der Waals surface area contributed by atoms with E-state index in [9.17, 15) is 0 Å². The summed E-state index contributed by atoms with van der Waals surface area (Å²) in [6, 6.07) is 4.34. The maximum absolute atomic E-state index is 6.05. The largest absolute Gasteiger partial charge is 0.372 e. The minimum atomic E-state index is 0.417. The second-order valence-corrected chi connectivity index (χ2v) is 5.95. The van der Waals surface area contributed by atoms with Crippen molar-refractivity contribution in [1.29, 1.82) is 0 Å². The van der Waals surface area contributed by atoms with Gasteiger partial charge in [0.05, 0.1) is 12.2 Å². The third kappa shape index (κ3) is 4.05. The fourth-order valence-corrected chi connectivity index (χ4v) is 3.25. The first-order valence-corrected chi connectivity index (χ1v) is 7.74. The zero-order chi connectivity index (χ0) is 12.8. The Labute approximate surface area is 114 Å². The number of likely N-dealkylation sites (N-methyl/N-ethyl adjacent to an activating group) is 2. The van der Waals surface area contributed by atoms with Gasteiger partial charge in [-0.25, -0.2) is 0 Å². The number of nitrogens with one attached hydrogen (secondary N) is 1. The van der Waals surface area contributed by atoms with Gasteiger partial charge in [0.2, 0.25) is 0 Å². The Morgan fingerprint density at radius 2 is 2.28 bits per heavy atom. The van der Waals surface area contributed by atoms with Crippen molar-refractivity contribution < 1.29 is 4.74 Å². The number of ether oxygens (including phenoxy) is 1. The summed E-state index contributed by atoms with van der Waals surface area (Å²) in [5.41, 5.74) is 0. The Kier molecular flexibility index (Phi) is 5.63. The molecule has 0 bridgehead atoms. The molecule has 1 aromatic rings. The van der Waals surface area contributed by atoms with Crippen molar-refractivity contribution in [3.05, 3.63) is 22.4 Å². The van der Waals surface area contributed by atoms with Gasteiger partial charge in [-0.3, -0.25) is 4.90 Å². The lowest BCUT2D eigenvalue weighted by molar-refractivity contribution is 0.0238. The Balaban J connectivity index is 1.77. The van der Waals surface area contributed by atoms with Gasteiger partial charge in [-0.2, -0.15) is 0 Å². The fourth-order valence-electron chi connectivity index (χ4n) is 2.51. The Morgan fingerprint density at radius 3 is 2.94 bits per heavy atom. The lowest BCUT2D eigenvalue weighted by Gasteiger charge is -2.23. The highest BCUT2D eigenvalue weighted by molar-refractivity contribution is 7.09. The lowest BCUT2D eigenvalue weighted by Crippen LogP contribution is -2.33. The van der Waals surface area contributed by atoms with Crippen LogP contribution in [0, 0.1) is 0 Å². The molecule has 1 N–H and O–H groups in total. The smallest absolute Gasteiger partial charge is 0.0707 e. The van der Waals surface area contributed by atoms with Crippen LogP contribution in [0.15, 0.2) is 17.5 Å². The average molecular weight is 268 g/mol. The molecule has 0 radical (unpaired) electrons. The van der Waals surface area contributed by atoms with Crippen LogP contribution in [-0.2, 0) is 11.3 Å². The van der Waals surface area contributed by atoms with Gasteiger partial charge in [0, 0.05) is 24.5 Å². The van der Waals surface area contributed by atoms with E-state index < -0.39 is 0 Å². The molecule has 0 amide bonds. The van der Waals surface area contributed by atoms with Crippen molar-refractivity contribution >= 4 is 11.3 Å². The van der Waals surface area contributed by atoms with Crippen LogP contribution in [0.5, 0.6) is 0 Å². The molecular formula is C14H24N2OS. The third-order valence-electron chi connectivity index (χ3n) is 3.50. The summed E-state index contributed by atoms with van der Waals surface area (Å²) in [6.07, 6.45) is 3.23. The molecule has 1 saturated heterocycles. The maximum atomic E-state index is 6.05. The molecule has 102 valence electrons. The van der Waals surface area contributed by atoms with Crippen molar-refractivity contribution in [2.45, 2.75) is 38.5 Å². The van der Waals surface area contributed by atoms with Crippen molar-refractivity contribution in [1.82, 2.24) is 10.2 Å². The van der Waals surface area contributed by atoms with Gasteiger partial charge in [0.1, 0.15) is 0 Å². The van der Waals surface area contributed by atoms with Crippen molar-refractivity contribution in [2.75, 3.05) is 26.7 Å². The van der Waals surface area contributed by atoms with Crippen LogP contribution in [0.3, 0.4) is 0 Å². The van der Waals surface area contributed by atoms with Crippen LogP contribution < -0.4 is 5.32 Å². The van der Waals surface area contributed by atoms with E-state index in [4.69, 9.17) is 4.74 Å². The Bertz CT molecular complexity index is 329. The van der Waals surface area contributed by atoms with Gasteiger partial charge in [-0.1, -0.05) is 13.0 Å². The van der Waals surface area contributed by atoms with E-state index in [1.165, 1.54) is 17.7 Å². The molecule has 2 unspecified atom stereocenters. The quantitative estimate of drug-likeness (QED) is 0.821. The summed E-state index contributed by atoms with van der Waals surface area (Å²) in [5.74, 6) is 0. The summed E-state index contributed by atoms with van der Waals surface area (Å²) >= 11 is 1.84. The van der Waals surface area contributed by atoms with Gasteiger partial charge >= 0.3 is 0 Å². The molecule has 1 aromatic heterocycles. The first kappa shape index (κ1) is 14.0. The number of rotatable bonds is 7. The highest BCUT2D eigenvalue weighted by Gasteiger charge is 2.25. The van der Waals surface area contributed by atoms with Gasteiger partial charge in [0.15, 0.2) is 0 Å². The zero-order valence-corrected chi connectivity index (χ0v) is 12.2. The summed E-state index contributed by atoms with van der Waals surface area (Å²) < 4.78 is 6.05. The van der Waals surface area contributed by atoms with Crippen LogP contribution in [0.1, 0.15) is 24.6 Å². The number of nitrogens with zero attached hydrogens (tertiary/aromatic N) is 1. The standard InChI is InChI=1S/C14H24N2OS/c1-3-16(11-14-5-4-8-18-14)10-13-7-6-12(17-13)9-15-2/h4-5,8,12-13,15H,3,6-7,9-11H2,1-2H3. The molecule has 3 nitrogen and oxygen atoms in total. The highest BCUT2D eigenvalue weighted by atomic mass is 32.1. The van der Waals surface area contributed by atoms with Crippen molar-refractivity contribution in [3.63, 3.8) is 0 Å². The van der Waals surface area contributed by atoms with Crippen LogP contribution in [0.25, 0.3) is 0 Å². The molecule has 4 heteroatoms. The topological polar surface area (TPSA) is 24.5 Å². The second-order valence-electron chi connectivity index (χ2n) is 4.92. The second kappa shape index (κ2) is 7.24. The number of hydrogen-bond donors (Lipinski definition) is 1. The van der Waals surface area contributed by atoms with Gasteiger partial charge in [-0.15, -0.1) is 11.3 Å². The highest BCUT2D eigenvalue weighted by Crippen LogP contribution is 2.21. The predicted octanol–water partition coefficient (Wildman–Crippen LogP) is 2.34. The van der Waals surface area contributed by atoms with Crippen LogP contribution in [0.2, 0.25) is 0 Å². The molecule has 0 spiro atoms. The monoisotopic (exact) mass is 268 g/mol. The molecule has 1 aliphatic heterocycles. The Morgan fingerprint density at radius 1 is 1.44 bits per heavy atom. The summed E-state index contributed by atoms with van der Waals surface area (Å²) in [4.78, 5) is 3.93. The normalized spacial score (nSPS) is 23.9. The fraction of sp³-hybridized carbons (Fsp3) is 0.714. The van der Waals surface area contributed by atoms with E-state index in [2.05, 4.69) is 34.7 Å². The molecule has 2 atom stereocenters. The van der Waals surface area contributed by atoms with Crippen molar-refractivity contribution in [3.8, 4) is 0 Å². The summed E-state index contributed by atoms with van der Waals surface area (Å²) in [7, 11) is 1.99. The molecule has 2 heterocycles. The van der Waals surface area contributed by atoms with Crippen LogP contribution >= 0.6 is 11.3 Å². The molecule has 18 heavy (non-hydrogen) atoms. The first-order chi connectivity index (χ1) is 8.81. The minimum Gasteiger partial charge on any atom is -0.372 e. The molecule has 1 aliphatic rings. The molecule has 0 aliphatic carbocycles. The SMILES string of the molecule is CCN(Cc1cccs1)CC1CCC(CNC)O1. The van der Waals surface area contributed by atoms with E-state index in [1.807, 2.05) is 18.4 Å². The summed E-state index contributed by atoms with van der Waals surface area (Å²) in [5, 5.41) is 5.35. The number of hydrogen-bond acceptors (Lipinski definition) is 4. The lowest BCUT2D eigenvalue weighted by atomic mass is 10.2. The van der Waals surface area contributed by atoms with Crippen LogP contribution in [-0.4, -0.2) is 43.8 Å². The number of thiophene rings is 1. The van der Waals surface area contributed by atoms with Gasteiger partial charge < -0.3 is 10.1 Å². The van der Waals surface area contributed by atoms with Gasteiger partial charge in [0.25, 0.3) is 0 Å². The Hall–Kier alpha value is -0.420. The first-order valence-electron chi connectivity index (χ1n) is 6.86. The predicted molar refractivity (Wildman–Crippen MR) is 77.1 cm³/mol. The molecular weight excluding hydrogens is 244 g/mol. The maximum Gasteiger partial charge on any atom is 0.0707 e. The average Bonchev–Trinajstić information content (AvgIpc) is 3.01. The zero-order valence-electron chi connectivity index (χ0n) is 11.4. The molecule has 0 aromatic carbocycles. The molecule has 0 saturated carbocycles. The van der Waals surface area contributed by atoms with Crippen LogP contribution in [0.4, 0.5) is 0 Å². The third-order valence-corrected chi connectivity index (χ3v) is 4.36. The molecule has 1 fully saturated rings. The van der Waals surface area contributed by atoms with Crippen molar-refractivity contribution in [2.24, 2.45) is 0 Å². The van der Waals surface area contributed by atoms with E-state index in [1.54, 1.807) is 0 Å². The molecule has 2 rings (SSSR count).